The van der Waals surface area contributed by atoms with Crippen molar-refractivity contribution in [3.05, 3.63) is 0 Å². The normalized spacial score (nSPS) is 38.4. The third-order valence-electron chi connectivity index (χ3n) is 4.22. The van der Waals surface area contributed by atoms with E-state index in [-0.39, 0.29) is 23.3 Å². The van der Waals surface area contributed by atoms with Crippen molar-refractivity contribution in [3.63, 3.8) is 0 Å². The molecule has 3 atom stereocenters. The van der Waals surface area contributed by atoms with E-state index < -0.39 is 5.60 Å². The molecule has 2 saturated heterocycles. The molecule has 0 aromatic carbocycles. The van der Waals surface area contributed by atoms with Gasteiger partial charge in [0.15, 0.2) is 0 Å². The lowest BCUT2D eigenvalue weighted by molar-refractivity contribution is -0.0458. The summed E-state index contributed by atoms with van der Waals surface area (Å²) in [5.74, 6) is 0. The molecular formula is C14H26N2O3. The van der Waals surface area contributed by atoms with Crippen LogP contribution in [0.1, 0.15) is 41.0 Å². The number of piperazine rings is 1. The quantitative estimate of drug-likeness (QED) is 0.789. The zero-order valence-corrected chi connectivity index (χ0v) is 12.9. The molecule has 2 fully saturated rings. The Morgan fingerprint density at radius 1 is 1.32 bits per heavy atom. The number of rotatable bonds is 1. The molecule has 2 aliphatic heterocycles. The Kier molecular flexibility index (Phi) is 3.34. The fourth-order valence-electron chi connectivity index (χ4n) is 3.47. The van der Waals surface area contributed by atoms with E-state index in [0.717, 1.165) is 19.5 Å². The van der Waals surface area contributed by atoms with Gasteiger partial charge in [0, 0.05) is 26.6 Å². The first kappa shape index (κ1) is 14.6. The van der Waals surface area contributed by atoms with Crippen molar-refractivity contribution >= 4 is 6.09 Å². The van der Waals surface area contributed by atoms with E-state index in [1.807, 2.05) is 25.7 Å². The minimum atomic E-state index is -0.476. The van der Waals surface area contributed by atoms with Crippen molar-refractivity contribution in [1.82, 2.24) is 10.2 Å². The summed E-state index contributed by atoms with van der Waals surface area (Å²) in [6.45, 7) is 11.4. The van der Waals surface area contributed by atoms with Gasteiger partial charge in [-0.2, -0.15) is 0 Å². The first-order valence-corrected chi connectivity index (χ1v) is 6.89. The molecule has 2 bridgehead atoms. The van der Waals surface area contributed by atoms with E-state index in [1.165, 1.54) is 0 Å². The first-order valence-electron chi connectivity index (χ1n) is 6.89. The molecule has 2 heterocycles. The molecule has 0 aliphatic carbocycles. The molecule has 1 amide bonds. The number of hydrogen-bond acceptors (Lipinski definition) is 4. The topological polar surface area (TPSA) is 50.8 Å². The number of amides is 1. The van der Waals surface area contributed by atoms with Gasteiger partial charge in [-0.05, 0) is 34.6 Å². The highest BCUT2D eigenvalue weighted by Crippen LogP contribution is 2.45. The summed E-state index contributed by atoms with van der Waals surface area (Å²) in [6, 6.07) is 0. The molecular weight excluding hydrogens is 244 g/mol. The van der Waals surface area contributed by atoms with Crippen LogP contribution in [0.4, 0.5) is 4.79 Å². The van der Waals surface area contributed by atoms with Crippen LogP contribution in [-0.2, 0) is 9.47 Å². The molecule has 2 rings (SSSR count). The van der Waals surface area contributed by atoms with E-state index in [0.29, 0.717) is 0 Å². The molecule has 19 heavy (non-hydrogen) atoms. The van der Waals surface area contributed by atoms with Gasteiger partial charge in [0.1, 0.15) is 5.60 Å². The molecule has 0 spiro atoms. The summed E-state index contributed by atoms with van der Waals surface area (Å²) >= 11 is 0. The number of fused-ring (bicyclic) bond motifs is 2. The van der Waals surface area contributed by atoms with Gasteiger partial charge < -0.3 is 14.8 Å². The Morgan fingerprint density at radius 2 is 1.95 bits per heavy atom. The second kappa shape index (κ2) is 4.35. The molecule has 0 aromatic rings. The van der Waals surface area contributed by atoms with E-state index in [9.17, 15) is 4.79 Å². The van der Waals surface area contributed by atoms with Crippen molar-refractivity contribution in [2.45, 2.75) is 63.8 Å². The highest BCUT2D eigenvalue weighted by molar-refractivity contribution is 5.71. The Labute approximate surface area is 115 Å². The molecule has 1 unspecified atom stereocenters. The monoisotopic (exact) mass is 270 g/mol. The minimum absolute atomic E-state index is 0.0417. The van der Waals surface area contributed by atoms with Crippen LogP contribution < -0.4 is 5.32 Å². The number of nitrogens with one attached hydrogen (secondary N) is 1. The third kappa shape index (κ3) is 2.34. The second-order valence-electron chi connectivity index (χ2n) is 7.20. The summed E-state index contributed by atoms with van der Waals surface area (Å²) in [6.07, 6.45) is 0.644. The average Bonchev–Trinajstić information content (AvgIpc) is 2.35. The van der Waals surface area contributed by atoms with E-state index in [2.05, 4.69) is 19.2 Å². The van der Waals surface area contributed by atoms with Crippen molar-refractivity contribution in [3.8, 4) is 0 Å². The Hall–Kier alpha value is -0.810. The molecule has 2 aliphatic rings. The van der Waals surface area contributed by atoms with Gasteiger partial charge in [-0.15, -0.1) is 0 Å². The van der Waals surface area contributed by atoms with Crippen molar-refractivity contribution in [1.29, 1.82) is 0 Å². The maximum Gasteiger partial charge on any atom is 0.411 e. The van der Waals surface area contributed by atoms with Crippen LogP contribution in [-0.4, -0.2) is 54.0 Å². The maximum absolute atomic E-state index is 12.6. The molecule has 5 nitrogen and oxygen atoms in total. The fraction of sp³-hybridized carbons (Fsp3) is 0.929. The highest BCUT2D eigenvalue weighted by Gasteiger charge is 2.61. The number of carbonyl (C=O) groups is 1. The summed E-state index contributed by atoms with van der Waals surface area (Å²) in [4.78, 5) is 14.5. The number of carbonyl (C=O) groups excluding carboxylic acids is 1. The average molecular weight is 270 g/mol. The molecule has 0 radical (unpaired) electrons. The Balaban J connectivity index is 2.30. The lowest BCUT2D eigenvalue weighted by Gasteiger charge is -2.48. The Morgan fingerprint density at radius 3 is 2.47 bits per heavy atom. The van der Waals surface area contributed by atoms with Crippen LogP contribution in [0.2, 0.25) is 0 Å². The lowest BCUT2D eigenvalue weighted by atomic mass is 9.95. The predicted molar refractivity (Wildman–Crippen MR) is 73.2 cm³/mol. The SMILES string of the molecule is COC1C[C@]2(C)CNC[C@]1(C)N2C(=O)OC(C)(C)C. The van der Waals surface area contributed by atoms with Gasteiger partial charge in [-0.1, -0.05) is 0 Å². The van der Waals surface area contributed by atoms with Crippen LogP contribution in [0.15, 0.2) is 0 Å². The van der Waals surface area contributed by atoms with Crippen molar-refractivity contribution in [2.75, 3.05) is 20.2 Å². The van der Waals surface area contributed by atoms with Crippen LogP contribution in [0.3, 0.4) is 0 Å². The Bertz CT molecular complexity index is 379. The zero-order valence-electron chi connectivity index (χ0n) is 12.9. The minimum Gasteiger partial charge on any atom is -0.444 e. The van der Waals surface area contributed by atoms with Crippen LogP contribution in [0.25, 0.3) is 0 Å². The van der Waals surface area contributed by atoms with E-state index in [1.54, 1.807) is 7.11 Å². The smallest absolute Gasteiger partial charge is 0.411 e. The molecule has 1 N–H and O–H groups in total. The molecule has 5 heteroatoms. The third-order valence-corrected chi connectivity index (χ3v) is 4.22. The lowest BCUT2D eigenvalue weighted by Crippen LogP contribution is -2.68. The standard InChI is InChI=1S/C14H26N2O3/c1-12(2,3)19-11(17)16-13(4)7-10(18-6)14(16,5)9-15-8-13/h10,15H,7-9H2,1-6H3/t10?,13-,14+/m1/s1. The highest BCUT2D eigenvalue weighted by atomic mass is 16.6. The fourth-order valence-corrected chi connectivity index (χ4v) is 3.47. The number of hydrogen-bond donors (Lipinski definition) is 1. The van der Waals surface area contributed by atoms with Crippen LogP contribution >= 0.6 is 0 Å². The first-order chi connectivity index (χ1) is 8.62. The molecule has 0 saturated carbocycles. The van der Waals surface area contributed by atoms with Crippen molar-refractivity contribution in [2.24, 2.45) is 0 Å². The van der Waals surface area contributed by atoms with Gasteiger partial charge in [-0.25, -0.2) is 4.79 Å². The summed E-state index contributed by atoms with van der Waals surface area (Å²) in [5.41, 5.74) is -1.06. The zero-order chi connectivity index (χ0) is 14.5. The number of ether oxygens (including phenoxy) is 2. The summed E-state index contributed by atoms with van der Waals surface area (Å²) in [7, 11) is 1.72. The second-order valence-corrected chi connectivity index (χ2v) is 7.20. The van der Waals surface area contributed by atoms with Crippen molar-refractivity contribution < 1.29 is 14.3 Å². The van der Waals surface area contributed by atoms with Gasteiger partial charge in [0.25, 0.3) is 0 Å². The van der Waals surface area contributed by atoms with Crippen LogP contribution in [0, 0.1) is 0 Å². The largest absolute Gasteiger partial charge is 0.444 e. The predicted octanol–water partition coefficient (Wildman–Crippen LogP) is 1.76. The van der Waals surface area contributed by atoms with E-state index >= 15 is 0 Å². The number of methoxy groups -OCH3 is 1. The van der Waals surface area contributed by atoms with Crippen LogP contribution in [0.5, 0.6) is 0 Å². The number of nitrogens with zero attached hydrogens (tertiary/aromatic N) is 1. The molecule has 0 aromatic heterocycles. The molecule has 110 valence electrons. The van der Waals surface area contributed by atoms with Gasteiger partial charge >= 0.3 is 6.09 Å². The maximum atomic E-state index is 12.6. The van der Waals surface area contributed by atoms with Gasteiger partial charge in [0.05, 0.1) is 17.2 Å². The van der Waals surface area contributed by atoms with E-state index in [4.69, 9.17) is 9.47 Å². The summed E-state index contributed by atoms with van der Waals surface area (Å²) < 4.78 is 11.2. The summed E-state index contributed by atoms with van der Waals surface area (Å²) in [5, 5.41) is 3.41. The van der Waals surface area contributed by atoms with Gasteiger partial charge in [-0.3, -0.25) is 4.90 Å². The van der Waals surface area contributed by atoms with Gasteiger partial charge in [0.2, 0.25) is 0 Å².